The third kappa shape index (κ3) is 2.73. The van der Waals surface area contributed by atoms with Gasteiger partial charge in [0.05, 0.1) is 6.54 Å². The van der Waals surface area contributed by atoms with Crippen LogP contribution < -0.4 is 5.73 Å². The lowest BCUT2D eigenvalue weighted by Crippen LogP contribution is -2.37. The van der Waals surface area contributed by atoms with E-state index in [0.29, 0.717) is 31.8 Å². The molecule has 6 nitrogen and oxygen atoms in total. The molecule has 0 aliphatic carbocycles. The van der Waals surface area contributed by atoms with Crippen LogP contribution in [-0.2, 0) is 22.5 Å². The lowest BCUT2D eigenvalue weighted by atomic mass is 9.95. The van der Waals surface area contributed by atoms with Crippen LogP contribution >= 0.6 is 0 Å². The van der Waals surface area contributed by atoms with Gasteiger partial charge in [-0.05, 0) is 18.8 Å². The number of ether oxygens (including phenoxy) is 1. The molecule has 2 aliphatic rings. The second kappa shape index (κ2) is 5.21. The summed E-state index contributed by atoms with van der Waals surface area (Å²) in [5.41, 5.74) is 6.34. The summed E-state index contributed by atoms with van der Waals surface area (Å²) >= 11 is 0. The van der Waals surface area contributed by atoms with E-state index in [-0.39, 0.29) is 11.9 Å². The molecule has 0 unspecified atom stereocenters. The van der Waals surface area contributed by atoms with Gasteiger partial charge in [0.25, 0.3) is 6.01 Å². The number of rotatable bonds is 2. The van der Waals surface area contributed by atoms with Gasteiger partial charge < -0.3 is 19.8 Å². The number of amides is 1. The van der Waals surface area contributed by atoms with E-state index < -0.39 is 0 Å². The minimum Gasteiger partial charge on any atom is -0.428 e. The predicted octanol–water partition coefficient (Wildman–Crippen LogP) is 0.958. The first-order valence-electron chi connectivity index (χ1n) is 6.82. The summed E-state index contributed by atoms with van der Waals surface area (Å²) in [7, 11) is 0. The van der Waals surface area contributed by atoms with Gasteiger partial charge in [-0.1, -0.05) is 0 Å². The molecule has 0 atom stereocenters. The van der Waals surface area contributed by atoms with Crippen LogP contribution in [0, 0.1) is 5.92 Å². The van der Waals surface area contributed by atoms with E-state index in [9.17, 15) is 4.79 Å². The van der Waals surface area contributed by atoms with Crippen molar-refractivity contribution in [2.75, 3.05) is 25.5 Å². The third-order valence-corrected chi connectivity index (χ3v) is 3.90. The highest BCUT2D eigenvalue weighted by Gasteiger charge is 2.27. The SMILES string of the molecule is Nc1nc2c(o1)CCN(C(=O)CC1CCOCC1)C2. The van der Waals surface area contributed by atoms with Crippen molar-refractivity contribution in [2.24, 2.45) is 5.92 Å². The third-order valence-electron chi connectivity index (χ3n) is 3.90. The lowest BCUT2D eigenvalue weighted by molar-refractivity contribution is -0.134. The average Bonchev–Trinajstić information content (AvgIpc) is 2.78. The number of hydrogen-bond donors (Lipinski definition) is 1. The number of anilines is 1. The van der Waals surface area contributed by atoms with Crippen molar-refractivity contribution in [1.82, 2.24) is 9.88 Å². The van der Waals surface area contributed by atoms with Crippen molar-refractivity contribution in [3.05, 3.63) is 11.5 Å². The Hall–Kier alpha value is -1.56. The normalized spacial score (nSPS) is 20.3. The Balaban J connectivity index is 1.59. The van der Waals surface area contributed by atoms with E-state index in [1.165, 1.54) is 0 Å². The Labute approximate surface area is 111 Å². The maximum atomic E-state index is 12.3. The van der Waals surface area contributed by atoms with E-state index in [4.69, 9.17) is 14.9 Å². The van der Waals surface area contributed by atoms with Crippen molar-refractivity contribution < 1.29 is 13.9 Å². The molecule has 0 spiro atoms. The number of aromatic nitrogens is 1. The summed E-state index contributed by atoms with van der Waals surface area (Å²) in [4.78, 5) is 18.3. The minimum absolute atomic E-state index is 0.198. The summed E-state index contributed by atoms with van der Waals surface area (Å²) in [6.45, 7) is 2.78. The first-order chi connectivity index (χ1) is 9.22. The van der Waals surface area contributed by atoms with Crippen LogP contribution in [-0.4, -0.2) is 35.5 Å². The van der Waals surface area contributed by atoms with Gasteiger partial charge in [0.2, 0.25) is 5.91 Å². The predicted molar refractivity (Wildman–Crippen MR) is 68.2 cm³/mol. The van der Waals surface area contributed by atoms with Gasteiger partial charge in [-0.2, -0.15) is 4.98 Å². The summed E-state index contributed by atoms with van der Waals surface area (Å²) in [5.74, 6) is 1.50. The van der Waals surface area contributed by atoms with Gasteiger partial charge in [-0.25, -0.2) is 0 Å². The van der Waals surface area contributed by atoms with Crippen molar-refractivity contribution in [3.63, 3.8) is 0 Å². The molecule has 0 bridgehead atoms. The summed E-state index contributed by atoms with van der Waals surface area (Å²) in [6, 6.07) is 0.198. The molecule has 2 N–H and O–H groups in total. The molecule has 104 valence electrons. The van der Waals surface area contributed by atoms with Crippen LogP contribution in [0.1, 0.15) is 30.7 Å². The highest BCUT2D eigenvalue weighted by atomic mass is 16.5. The second-order valence-corrected chi connectivity index (χ2v) is 5.25. The number of carbonyl (C=O) groups excluding carboxylic acids is 1. The summed E-state index contributed by atoms with van der Waals surface area (Å²) in [5, 5.41) is 0. The summed E-state index contributed by atoms with van der Waals surface area (Å²) < 4.78 is 10.6. The smallest absolute Gasteiger partial charge is 0.292 e. The molecule has 2 aliphatic heterocycles. The minimum atomic E-state index is 0.198. The Morgan fingerprint density at radius 2 is 2.21 bits per heavy atom. The Kier molecular flexibility index (Phi) is 3.42. The largest absolute Gasteiger partial charge is 0.428 e. The number of nitrogens with zero attached hydrogens (tertiary/aromatic N) is 2. The zero-order valence-corrected chi connectivity index (χ0v) is 10.9. The summed E-state index contributed by atoms with van der Waals surface area (Å²) in [6.07, 6.45) is 3.30. The van der Waals surface area contributed by atoms with Crippen molar-refractivity contribution in [3.8, 4) is 0 Å². The van der Waals surface area contributed by atoms with Crippen molar-refractivity contribution in [2.45, 2.75) is 32.2 Å². The van der Waals surface area contributed by atoms with Crippen LogP contribution in [0.2, 0.25) is 0 Å². The number of carbonyl (C=O) groups is 1. The second-order valence-electron chi connectivity index (χ2n) is 5.25. The van der Waals surface area contributed by atoms with Crippen molar-refractivity contribution in [1.29, 1.82) is 0 Å². The molecular formula is C13H19N3O3. The fourth-order valence-corrected chi connectivity index (χ4v) is 2.76. The zero-order valence-electron chi connectivity index (χ0n) is 10.9. The van der Waals surface area contributed by atoms with E-state index in [0.717, 1.165) is 37.5 Å². The number of nitrogen functional groups attached to an aromatic ring is 1. The molecule has 0 aromatic carbocycles. The first-order valence-corrected chi connectivity index (χ1v) is 6.82. The van der Waals surface area contributed by atoms with E-state index in [1.807, 2.05) is 4.90 Å². The van der Waals surface area contributed by atoms with Crippen LogP contribution in [0.5, 0.6) is 0 Å². The van der Waals surface area contributed by atoms with E-state index in [2.05, 4.69) is 4.98 Å². The molecule has 1 saturated heterocycles. The highest BCUT2D eigenvalue weighted by Crippen LogP contribution is 2.24. The van der Waals surface area contributed by atoms with Crippen LogP contribution in [0.4, 0.5) is 6.01 Å². The van der Waals surface area contributed by atoms with Gasteiger partial charge in [-0.15, -0.1) is 0 Å². The topological polar surface area (TPSA) is 81.6 Å². The van der Waals surface area contributed by atoms with Crippen LogP contribution in [0.3, 0.4) is 0 Å². The van der Waals surface area contributed by atoms with Crippen molar-refractivity contribution >= 4 is 11.9 Å². The molecule has 3 rings (SSSR count). The van der Waals surface area contributed by atoms with E-state index >= 15 is 0 Å². The number of fused-ring (bicyclic) bond motifs is 1. The molecule has 1 fully saturated rings. The van der Waals surface area contributed by atoms with Gasteiger partial charge in [-0.3, -0.25) is 4.79 Å². The Morgan fingerprint density at radius 1 is 1.42 bits per heavy atom. The van der Waals surface area contributed by atoms with Gasteiger partial charge >= 0.3 is 0 Å². The molecule has 0 radical (unpaired) electrons. The monoisotopic (exact) mass is 265 g/mol. The lowest BCUT2D eigenvalue weighted by Gasteiger charge is -2.28. The van der Waals surface area contributed by atoms with Crippen LogP contribution in [0.15, 0.2) is 4.42 Å². The first kappa shape index (κ1) is 12.5. The fourth-order valence-electron chi connectivity index (χ4n) is 2.76. The zero-order chi connectivity index (χ0) is 13.2. The maximum absolute atomic E-state index is 12.3. The molecule has 19 heavy (non-hydrogen) atoms. The Bertz CT molecular complexity index is 466. The molecule has 1 aromatic rings. The maximum Gasteiger partial charge on any atom is 0.292 e. The molecule has 1 aromatic heterocycles. The van der Waals surface area contributed by atoms with Gasteiger partial charge in [0, 0.05) is 32.6 Å². The number of nitrogens with two attached hydrogens (primary N) is 1. The van der Waals surface area contributed by atoms with Gasteiger partial charge in [0.1, 0.15) is 11.5 Å². The van der Waals surface area contributed by atoms with Crippen LogP contribution in [0.25, 0.3) is 0 Å². The fraction of sp³-hybridized carbons (Fsp3) is 0.692. The number of hydrogen-bond acceptors (Lipinski definition) is 5. The molecule has 1 amide bonds. The molecule has 3 heterocycles. The molecule has 0 saturated carbocycles. The highest BCUT2D eigenvalue weighted by molar-refractivity contribution is 5.76. The van der Waals surface area contributed by atoms with E-state index in [1.54, 1.807) is 0 Å². The quantitative estimate of drug-likeness (QED) is 0.861. The Morgan fingerprint density at radius 3 is 3.00 bits per heavy atom. The van der Waals surface area contributed by atoms with Gasteiger partial charge in [0.15, 0.2) is 0 Å². The average molecular weight is 265 g/mol. The molecular weight excluding hydrogens is 246 g/mol. The molecule has 6 heteroatoms. The standard InChI is InChI=1S/C13H19N3O3/c14-13-15-10-8-16(4-1-11(10)19-13)12(17)7-9-2-5-18-6-3-9/h9H,1-8H2,(H2,14,15). The number of oxazole rings is 1.